The zero-order valence-corrected chi connectivity index (χ0v) is 9.07. The van der Waals surface area contributed by atoms with Gasteiger partial charge in [-0.15, -0.1) is 0 Å². The number of sulfone groups is 1. The summed E-state index contributed by atoms with van der Waals surface area (Å²) in [6.45, 7) is 1.18. The molecule has 1 aromatic carbocycles. The van der Waals surface area contributed by atoms with Gasteiger partial charge in [0.15, 0.2) is 15.1 Å². The number of hydrogen-bond donors (Lipinski definition) is 1. The molecule has 15 heavy (non-hydrogen) atoms. The molecule has 0 heterocycles. The van der Waals surface area contributed by atoms with Crippen LogP contribution in [-0.4, -0.2) is 24.7 Å². The van der Waals surface area contributed by atoms with E-state index in [1.807, 2.05) is 0 Å². The molecule has 1 aromatic rings. The third-order valence-corrected chi connectivity index (χ3v) is 4.11. The Morgan fingerprint density at radius 2 is 1.87 bits per heavy atom. The molecule has 0 unspecified atom stereocenters. The molecular formula is C10H12O4S. The molecule has 0 saturated carbocycles. The summed E-state index contributed by atoms with van der Waals surface area (Å²) in [5, 5.41) is 7.25. The van der Waals surface area contributed by atoms with Gasteiger partial charge in [0.05, 0.1) is 5.75 Å². The summed E-state index contributed by atoms with van der Waals surface area (Å²) in [6.07, 6.45) is 0. The highest BCUT2D eigenvalue weighted by atomic mass is 32.2. The Morgan fingerprint density at radius 1 is 1.33 bits per heavy atom. The van der Waals surface area contributed by atoms with E-state index in [-0.39, 0.29) is 5.75 Å². The van der Waals surface area contributed by atoms with Gasteiger partial charge in [-0.3, -0.25) is 4.79 Å². The predicted octanol–water partition coefficient (Wildman–Crippen LogP) is 1.07. The zero-order chi connectivity index (χ0) is 11.5. The Bertz CT molecular complexity index is 436. The van der Waals surface area contributed by atoms with Crippen molar-refractivity contribution < 1.29 is 18.3 Å². The third-order valence-electron chi connectivity index (χ3n) is 2.10. The van der Waals surface area contributed by atoms with Crippen molar-refractivity contribution in [3.63, 3.8) is 0 Å². The fourth-order valence-corrected chi connectivity index (χ4v) is 2.30. The van der Waals surface area contributed by atoms with Crippen molar-refractivity contribution in [2.45, 2.75) is 17.9 Å². The normalized spacial score (nSPS) is 13.4. The van der Waals surface area contributed by atoms with Crippen molar-refractivity contribution in [2.75, 3.05) is 0 Å². The van der Waals surface area contributed by atoms with Crippen molar-refractivity contribution in [3.05, 3.63) is 35.9 Å². The van der Waals surface area contributed by atoms with Gasteiger partial charge >= 0.3 is 5.97 Å². The summed E-state index contributed by atoms with van der Waals surface area (Å²) in [5.41, 5.74) is 0.602. The van der Waals surface area contributed by atoms with Crippen LogP contribution < -0.4 is 0 Å². The quantitative estimate of drug-likeness (QED) is 0.836. The molecule has 0 fully saturated rings. The maximum atomic E-state index is 11.6. The molecule has 0 aromatic heterocycles. The molecule has 4 nitrogen and oxygen atoms in total. The molecule has 1 N–H and O–H groups in total. The van der Waals surface area contributed by atoms with Crippen molar-refractivity contribution in [2.24, 2.45) is 0 Å². The van der Waals surface area contributed by atoms with E-state index < -0.39 is 21.1 Å². The van der Waals surface area contributed by atoms with E-state index in [0.29, 0.717) is 5.56 Å². The number of benzene rings is 1. The molecule has 0 bridgehead atoms. The number of rotatable bonds is 4. The summed E-state index contributed by atoms with van der Waals surface area (Å²) in [5.74, 6) is -1.55. The minimum Gasteiger partial charge on any atom is -0.480 e. The number of carboxylic acids is 1. The Balaban J connectivity index is 2.87. The summed E-state index contributed by atoms with van der Waals surface area (Å²) in [4.78, 5) is 10.6. The third kappa shape index (κ3) is 3.06. The highest BCUT2D eigenvalue weighted by molar-refractivity contribution is 7.91. The molecule has 82 valence electrons. The first-order valence-electron chi connectivity index (χ1n) is 4.42. The van der Waals surface area contributed by atoms with Gasteiger partial charge in [0, 0.05) is 0 Å². The first kappa shape index (κ1) is 11.7. The van der Waals surface area contributed by atoms with Crippen LogP contribution in [0.2, 0.25) is 0 Å². The lowest BCUT2D eigenvalue weighted by Gasteiger charge is -2.07. The smallest absolute Gasteiger partial charge is 0.321 e. The molecule has 0 aliphatic rings. The van der Waals surface area contributed by atoms with Gasteiger partial charge in [-0.25, -0.2) is 8.42 Å². The summed E-state index contributed by atoms with van der Waals surface area (Å²) in [7, 11) is -3.61. The molecule has 1 atom stereocenters. The average Bonchev–Trinajstić information content (AvgIpc) is 2.17. The highest BCUT2D eigenvalue weighted by Crippen LogP contribution is 2.10. The zero-order valence-electron chi connectivity index (χ0n) is 8.25. The first-order valence-corrected chi connectivity index (χ1v) is 6.13. The summed E-state index contributed by atoms with van der Waals surface area (Å²) < 4.78 is 23.1. The minimum absolute atomic E-state index is 0.235. The van der Waals surface area contributed by atoms with Crippen LogP contribution in [-0.2, 0) is 20.4 Å². The van der Waals surface area contributed by atoms with Gasteiger partial charge in [-0.05, 0) is 12.5 Å². The number of aliphatic carboxylic acids is 1. The van der Waals surface area contributed by atoms with Crippen LogP contribution >= 0.6 is 0 Å². The lowest BCUT2D eigenvalue weighted by molar-refractivity contribution is -0.136. The van der Waals surface area contributed by atoms with Crippen molar-refractivity contribution >= 4 is 15.8 Å². The van der Waals surface area contributed by atoms with E-state index in [1.165, 1.54) is 6.92 Å². The second-order valence-electron chi connectivity index (χ2n) is 3.27. The van der Waals surface area contributed by atoms with Crippen LogP contribution in [0.1, 0.15) is 12.5 Å². The lowest BCUT2D eigenvalue weighted by Crippen LogP contribution is -2.28. The van der Waals surface area contributed by atoms with E-state index in [1.54, 1.807) is 30.3 Å². The van der Waals surface area contributed by atoms with Crippen LogP contribution in [0.15, 0.2) is 30.3 Å². The Hall–Kier alpha value is -1.36. The van der Waals surface area contributed by atoms with Gasteiger partial charge in [-0.2, -0.15) is 0 Å². The monoisotopic (exact) mass is 228 g/mol. The summed E-state index contributed by atoms with van der Waals surface area (Å²) >= 11 is 0. The first-order chi connectivity index (χ1) is 6.93. The van der Waals surface area contributed by atoms with Crippen LogP contribution in [0.4, 0.5) is 0 Å². The largest absolute Gasteiger partial charge is 0.480 e. The topological polar surface area (TPSA) is 71.4 Å². The van der Waals surface area contributed by atoms with Gasteiger partial charge < -0.3 is 5.11 Å². The van der Waals surface area contributed by atoms with Crippen LogP contribution in [0.3, 0.4) is 0 Å². The Morgan fingerprint density at radius 3 is 2.33 bits per heavy atom. The maximum Gasteiger partial charge on any atom is 0.321 e. The van der Waals surface area contributed by atoms with E-state index >= 15 is 0 Å². The Kier molecular flexibility index (Phi) is 3.47. The van der Waals surface area contributed by atoms with E-state index in [4.69, 9.17) is 5.11 Å². The number of carboxylic acid groups (broad SMARTS) is 1. The SMILES string of the molecule is C[C@@H](C(=O)O)S(=O)(=O)Cc1ccccc1. The van der Waals surface area contributed by atoms with E-state index in [0.717, 1.165) is 0 Å². The standard InChI is InChI=1S/C10H12O4S/c1-8(10(11)12)15(13,14)7-9-5-3-2-4-6-9/h2-6,8H,7H2,1H3,(H,11,12)/t8-/m0/s1. The van der Waals surface area contributed by atoms with Crippen LogP contribution in [0.5, 0.6) is 0 Å². The van der Waals surface area contributed by atoms with Crippen LogP contribution in [0, 0.1) is 0 Å². The average molecular weight is 228 g/mol. The molecule has 1 rings (SSSR count). The van der Waals surface area contributed by atoms with Crippen molar-refractivity contribution in [3.8, 4) is 0 Å². The highest BCUT2D eigenvalue weighted by Gasteiger charge is 2.27. The molecule has 0 aliphatic carbocycles. The van der Waals surface area contributed by atoms with Crippen LogP contribution in [0.25, 0.3) is 0 Å². The van der Waals surface area contributed by atoms with Crippen molar-refractivity contribution in [1.29, 1.82) is 0 Å². The number of carbonyl (C=O) groups is 1. The van der Waals surface area contributed by atoms with Gasteiger partial charge in [0.2, 0.25) is 0 Å². The second-order valence-corrected chi connectivity index (χ2v) is 5.59. The predicted molar refractivity (Wildman–Crippen MR) is 56.2 cm³/mol. The molecule has 0 saturated heterocycles. The van der Waals surface area contributed by atoms with E-state index in [9.17, 15) is 13.2 Å². The van der Waals surface area contributed by atoms with Gasteiger partial charge in [-0.1, -0.05) is 30.3 Å². The maximum absolute atomic E-state index is 11.6. The molecule has 0 amide bonds. The minimum atomic E-state index is -3.61. The Labute approximate surface area is 88.5 Å². The fourth-order valence-electron chi connectivity index (χ4n) is 1.09. The molecule has 0 radical (unpaired) electrons. The second kappa shape index (κ2) is 4.44. The van der Waals surface area contributed by atoms with Gasteiger partial charge in [0.1, 0.15) is 0 Å². The fraction of sp³-hybridized carbons (Fsp3) is 0.300. The van der Waals surface area contributed by atoms with Gasteiger partial charge in [0.25, 0.3) is 0 Å². The molecule has 0 spiro atoms. The van der Waals surface area contributed by atoms with E-state index in [2.05, 4.69) is 0 Å². The lowest BCUT2D eigenvalue weighted by atomic mass is 10.2. The summed E-state index contributed by atoms with van der Waals surface area (Å²) in [6, 6.07) is 8.53. The molecule has 0 aliphatic heterocycles. The number of hydrogen-bond acceptors (Lipinski definition) is 3. The molecule has 5 heteroatoms. The van der Waals surface area contributed by atoms with Crippen molar-refractivity contribution in [1.82, 2.24) is 0 Å². The molecular weight excluding hydrogens is 216 g/mol.